The minimum absolute atomic E-state index is 0.0176. The van der Waals surface area contributed by atoms with Gasteiger partial charge in [0.25, 0.3) is 10.1 Å². The van der Waals surface area contributed by atoms with Gasteiger partial charge >= 0.3 is 0 Å². The first-order valence-electron chi connectivity index (χ1n) is 12.3. The lowest BCUT2D eigenvalue weighted by atomic mass is 9.95. The fourth-order valence-electron chi connectivity index (χ4n) is 3.59. The van der Waals surface area contributed by atoms with Crippen LogP contribution >= 0.6 is 0 Å². The van der Waals surface area contributed by atoms with Crippen molar-refractivity contribution in [3.05, 3.63) is 18.2 Å². The van der Waals surface area contributed by atoms with E-state index in [1.165, 1.54) is 0 Å². The summed E-state index contributed by atoms with van der Waals surface area (Å²) in [6.07, 6.45) is 5.69. The molecule has 1 aromatic heterocycles. The predicted octanol–water partition coefficient (Wildman–Crippen LogP) is 5.17. The van der Waals surface area contributed by atoms with E-state index in [-0.39, 0.29) is 23.3 Å². The largest absolute Gasteiger partial charge is 0.488 e. The molecule has 2 unspecified atom stereocenters. The Labute approximate surface area is 208 Å². The maximum absolute atomic E-state index is 11.7. The molecule has 0 radical (unpaired) electrons. The molecule has 0 amide bonds. The van der Waals surface area contributed by atoms with E-state index < -0.39 is 30.1 Å². The molecule has 0 aromatic carbocycles. The van der Waals surface area contributed by atoms with Crippen molar-refractivity contribution in [1.82, 2.24) is 9.97 Å². The molecule has 3 N–H and O–H groups in total. The number of rotatable bonds is 14. The van der Waals surface area contributed by atoms with Crippen LogP contribution < -0.4 is 10.5 Å². The highest BCUT2D eigenvalue weighted by Gasteiger charge is 2.40. The monoisotopic (exact) mass is 517 g/mol. The van der Waals surface area contributed by atoms with Crippen molar-refractivity contribution in [3.8, 4) is 5.75 Å². The third-order valence-electron chi connectivity index (χ3n) is 6.31. The van der Waals surface area contributed by atoms with Gasteiger partial charge in [-0.15, -0.1) is 0 Å². The zero-order valence-electron chi connectivity index (χ0n) is 22.5. The van der Waals surface area contributed by atoms with Crippen molar-refractivity contribution in [2.45, 2.75) is 116 Å². The summed E-state index contributed by atoms with van der Waals surface area (Å²) >= 11 is 0. The van der Waals surface area contributed by atoms with Crippen LogP contribution in [-0.4, -0.2) is 55.3 Å². The topological polar surface area (TPSA) is 125 Å². The van der Waals surface area contributed by atoms with Crippen molar-refractivity contribution in [2.24, 2.45) is 11.7 Å². The fraction of sp³-hybridized carbons (Fsp3) is 0.833. The molecule has 0 fully saturated rings. The molecule has 0 saturated carbocycles. The summed E-state index contributed by atoms with van der Waals surface area (Å²) in [5.41, 5.74) is 6.58. The van der Waals surface area contributed by atoms with Gasteiger partial charge in [0, 0.05) is 12.0 Å². The summed E-state index contributed by atoms with van der Waals surface area (Å²) in [7, 11) is -6.23. The average Bonchev–Trinajstić information content (AvgIpc) is 2.64. The molecule has 10 heteroatoms. The molecule has 0 aliphatic heterocycles. The van der Waals surface area contributed by atoms with Crippen LogP contribution in [0.25, 0.3) is 0 Å². The molecular formula is C24H47N3O5SSi. The second-order valence-electron chi connectivity index (χ2n) is 11.5. The molecule has 34 heavy (non-hydrogen) atoms. The molecule has 0 aliphatic carbocycles. The summed E-state index contributed by atoms with van der Waals surface area (Å²) in [5.74, 6) is 0.392. The molecule has 0 saturated heterocycles. The zero-order chi connectivity index (χ0) is 26.3. The van der Waals surface area contributed by atoms with E-state index in [9.17, 15) is 13.0 Å². The SMILES string of the molecule is CC(C)C[C@@H](N)C(CCCC(CS(=O)(=O)O)c1ncc(OC(C)C)cn1)O[Si](C)(C)C(C)(C)C. The van der Waals surface area contributed by atoms with Crippen LogP contribution in [0.5, 0.6) is 5.75 Å². The fourth-order valence-corrected chi connectivity index (χ4v) is 5.82. The zero-order valence-corrected chi connectivity index (χ0v) is 24.4. The van der Waals surface area contributed by atoms with E-state index in [1.807, 2.05) is 13.8 Å². The molecule has 0 aliphatic rings. The first-order chi connectivity index (χ1) is 15.4. The number of hydrogen-bond donors (Lipinski definition) is 2. The molecule has 198 valence electrons. The first-order valence-corrected chi connectivity index (χ1v) is 16.8. The van der Waals surface area contributed by atoms with Gasteiger partial charge in [0.15, 0.2) is 14.1 Å². The van der Waals surface area contributed by atoms with Gasteiger partial charge in [0.05, 0.1) is 30.4 Å². The van der Waals surface area contributed by atoms with Gasteiger partial charge in [-0.3, -0.25) is 4.55 Å². The minimum atomic E-state index is -4.19. The number of nitrogens with two attached hydrogens (primary N) is 1. The molecule has 1 aromatic rings. The van der Waals surface area contributed by atoms with Crippen molar-refractivity contribution in [2.75, 3.05) is 5.75 Å². The van der Waals surface area contributed by atoms with Crippen molar-refractivity contribution >= 4 is 18.4 Å². The average molecular weight is 518 g/mol. The third-order valence-corrected chi connectivity index (χ3v) is 11.6. The van der Waals surface area contributed by atoms with E-state index in [2.05, 4.69) is 57.7 Å². The highest BCUT2D eigenvalue weighted by Crippen LogP contribution is 2.38. The summed E-state index contributed by atoms with van der Waals surface area (Å²) in [6.45, 7) is 19.2. The van der Waals surface area contributed by atoms with Crippen molar-refractivity contribution < 1.29 is 22.1 Å². The van der Waals surface area contributed by atoms with Gasteiger partial charge < -0.3 is 14.9 Å². The van der Waals surface area contributed by atoms with Gasteiger partial charge in [0.1, 0.15) is 5.82 Å². The van der Waals surface area contributed by atoms with Gasteiger partial charge in [-0.25, -0.2) is 9.97 Å². The number of ether oxygens (including phenoxy) is 1. The van der Waals surface area contributed by atoms with E-state index in [4.69, 9.17) is 14.9 Å². The lowest BCUT2D eigenvalue weighted by Gasteiger charge is -2.41. The van der Waals surface area contributed by atoms with E-state index in [1.54, 1.807) is 12.4 Å². The Balaban J connectivity index is 2.99. The molecule has 3 atom stereocenters. The normalized spacial score (nSPS) is 16.0. The Morgan fingerprint density at radius 3 is 2.09 bits per heavy atom. The maximum Gasteiger partial charge on any atom is 0.265 e. The molecule has 0 bridgehead atoms. The van der Waals surface area contributed by atoms with Crippen LogP contribution in [0.15, 0.2) is 12.4 Å². The second kappa shape index (κ2) is 12.8. The van der Waals surface area contributed by atoms with Crippen LogP contribution in [0.1, 0.15) is 85.9 Å². The van der Waals surface area contributed by atoms with E-state index in [0.29, 0.717) is 36.8 Å². The minimum Gasteiger partial charge on any atom is -0.488 e. The Kier molecular flexibility index (Phi) is 11.6. The Morgan fingerprint density at radius 1 is 1.09 bits per heavy atom. The summed E-state index contributed by atoms with van der Waals surface area (Å²) in [4.78, 5) is 8.64. The third kappa shape index (κ3) is 11.1. The van der Waals surface area contributed by atoms with Gasteiger partial charge in [0.2, 0.25) is 0 Å². The molecule has 8 nitrogen and oxygen atoms in total. The van der Waals surface area contributed by atoms with Crippen LogP contribution in [0.4, 0.5) is 0 Å². The summed E-state index contributed by atoms with van der Waals surface area (Å²) < 4.78 is 45.2. The van der Waals surface area contributed by atoms with Gasteiger partial charge in [-0.2, -0.15) is 8.42 Å². The second-order valence-corrected chi connectivity index (χ2v) is 17.8. The lowest BCUT2D eigenvalue weighted by Crippen LogP contribution is -2.49. The van der Waals surface area contributed by atoms with Crippen molar-refractivity contribution in [1.29, 1.82) is 0 Å². The molecule has 0 spiro atoms. The Hall–Kier alpha value is -1.07. The highest BCUT2D eigenvalue weighted by molar-refractivity contribution is 7.85. The van der Waals surface area contributed by atoms with Gasteiger partial charge in [-0.05, 0) is 57.2 Å². The van der Waals surface area contributed by atoms with Crippen molar-refractivity contribution in [3.63, 3.8) is 0 Å². The predicted molar refractivity (Wildman–Crippen MR) is 140 cm³/mol. The smallest absolute Gasteiger partial charge is 0.265 e. The lowest BCUT2D eigenvalue weighted by molar-refractivity contribution is 0.129. The first kappa shape index (κ1) is 31.0. The number of aromatic nitrogens is 2. The summed E-state index contributed by atoms with van der Waals surface area (Å²) in [6, 6.07) is -0.0992. The Bertz CT molecular complexity index is 839. The van der Waals surface area contributed by atoms with Crippen LogP contribution in [0.2, 0.25) is 18.1 Å². The molecular weight excluding hydrogens is 470 g/mol. The number of nitrogens with zero attached hydrogens (tertiary/aromatic N) is 2. The number of hydrogen-bond acceptors (Lipinski definition) is 7. The van der Waals surface area contributed by atoms with E-state index >= 15 is 0 Å². The molecule has 1 rings (SSSR count). The summed E-state index contributed by atoms with van der Waals surface area (Å²) in [5, 5.41) is 0.0595. The van der Waals surface area contributed by atoms with Gasteiger partial charge in [-0.1, -0.05) is 41.0 Å². The van der Waals surface area contributed by atoms with Crippen LogP contribution in [0.3, 0.4) is 0 Å². The highest BCUT2D eigenvalue weighted by atomic mass is 32.2. The van der Waals surface area contributed by atoms with Crippen LogP contribution in [-0.2, 0) is 14.5 Å². The standard InChI is InChI=1S/C24H47N3O5SSi/c1-17(2)13-21(25)22(32-34(8,9)24(5,6)7)12-10-11-19(16-33(28,29)30)23-26-14-20(15-27-23)31-18(3)4/h14-15,17-19,21-22H,10-13,16,25H2,1-9H3,(H,28,29,30)/t19?,21-,22?/m1/s1. The van der Waals surface area contributed by atoms with Crippen LogP contribution in [0, 0.1) is 5.92 Å². The van der Waals surface area contributed by atoms with E-state index in [0.717, 1.165) is 6.42 Å². The maximum atomic E-state index is 11.7. The quantitative estimate of drug-likeness (QED) is 0.256. The Morgan fingerprint density at radius 2 is 1.65 bits per heavy atom. The molecule has 1 heterocycles.